The molecule has 0 saturated heterocycles. The Morgan fingerprint density at radius 2 is 1.23 bits per heavy atom. The van der Waals surface area contributed by atoms with Crippen molar-refractivity contribution in [3.8, 4) is 0 Å². The lowest BCUT2D eigenvalue weighted by Gasteiger charge is -2.06. The molecule has 2 N–H and O–H groups in total. The molecule has 2 aromatic carbocycles. The zero-order valence-electron chi connectivity index (χ0n) is 14.1. The molecule has 1 heteroatoms. The van der Waals surface area contributed by atoms with Gasteiger partial charge in [-0.15, -0.1) is 0 Å². The van der Waals surface area contributed by atoms with Crippen LogP contribution in [0.2, 0.25) is 0 Å². The second-order valence-electron chi connectivity index (χ2n) is 6.44. The van der Waals surface area contributed by atoms with Gasteiger partial charge in [-0.3, -0.25) is 0 Å². The molecule has 0 fully saturated rings. The predicted molar refractivity (Wildman–Crippen MR) is 98.2 cm³/mol. The molecule has 2 rings (SSSR count). The third-order valence-corrected chi connectivity index (χ3v) is 4.52. The van der Waals surface area contributed by atoms with E-state index < -0.39 is 0 Å². The highest BCUT2D eigenvalue weighted by Crippen LogP contribution is 2.19. The van der Waals surface area contributed by atoms with E-state index >= 15 is 0 Å². The Morgan fingerprint density at radius 3 is 1.86 bits per heavy atom. The van der Waals surface area contributed by atoms with E-state index in [4.69, 9.17) is 5.73 Å². The van der Waals surface area contributed by atoms with Gasteiger partial charge in [0.2, 0.25) is 0 Å². The van der Waals surface area contributed by atoms with Crippen molar-refractivity contribution in [1.82, 2.24) is 0 Å². The molecule has 0 atom stereocenters. The quantitative estimate of drug-likeness (QED) is 0.536. The van der Waals surface area contributed by atoms with Crippen molar-refractivity contribution in [2.45, 2.75) is 71.3 Å². The molecule has 0 heterocycles. The van der Waals surface area contributed by atoms with Gasteiger partial charge in [0.25, 0.3) is 0 Å². The van der Waals surface area contributed by atoms with Crippen molar-refractivity contribution in [1.29, 1.82) is 0 Å². The summed E-state index contributed by atoms with van der Waals surface area (Å²) in [4.78, 5) is 0. The summed E-state index contributed by atoms with van der Waals surface area (Å²) in [5, 5.41) is 2.65. The number of nitrogens with two attached hydrogens (primary N) is 1. The molecule has 0 saturated carbocycles. The molecule has 0 aliphatic heterocycles. The lowest BCUT2D eigenvalue weighted by atomic mass is 10.0. The highest BCUT2D eigenvalue weighted by molar-refractivity contribution is 5.83. The molecule has 120 valence electrons. The highest BCUT2D eigenvalue weighted by atomic mass is 14.5. The van der Waals surface area contributed by atoms with Crippen LogP contribution in [0.4, 0.5) is 0 Å². The summed E-state index contributed by atoms with van der Waals surface area (Å²) in [5.41, 5.74) is 8.39. The van der Waals surface area contributed by atoms with Gasteiger partial charge in [0.05, 0.1) is 0 Å². The summed E-state index contributed by atoms with van der Waals surface area (Å²) in [6, 6.07) is 13.4. The van der Waals surface area contributed by atoms with E-state index in [0.29, 0.717) is 6.54 Å². The fraction of sp³-hybridized carbons (Fsp3) is 0.524. The van der Waals surface area contributed by atoms with Crippen LogP contribution in [0.3, 0.4) is 0 Å². The van der Waals surface area contributed by atoms with Gasteiger partial charge < -0.3 is 5.73 Å². The van der Waals surface area contributed by atoms with Crippen LogP contribution in [0.15, 0.2) is 36.4 Å². The molecule has 22 heavy (non-hydrogen) atoms. The summed E-state index contributed by atoms with van der Waals surface area (Å²) in [6.07, 6.45) is 12.3. The molecule has 2 aromatic rings. The molecule has 0 amide bonds. The Morgan fingerprint density at radius 1 is 0.682 bits per heavy atom. The van der Waals surface area contributed by atoms with Gasteiger partial charge in [-0.25, -0.2) is 0 Å². The number of hydrogen-bond acceptors (Lipinski definition) is 1. The van der Waals surface area contributed by atoms with Gasteiger partial charge in [0.15, 0.2) is 0 Å². The molecule has 0 aliphatic carbocycles. The zero-order chi connectivity index (χ0) is 15.6. The van der Waals surface area contributed by atoms with Gasteiger partial charge in [0.1, 0.15) is 0 Å². The Balaban J connectivity index is 1.73. The van der Waals surface area contributed by atoms with E-state index in [1.54, 1.807) is 0 Å². The van der Waals surface area contributed by atoms with Crippen LogP contribution < -0.4 is 5.73 Å². The van der Waals surface area contributed by atoms with Gasteiger partial charge in [-0.05, 0) is 40.8 Å². The van der Waals surface area contributed by atoms with E-state index in [9.17, 15) is 0 Å². The first kappa shape index (κ1) is 17.0. The highest BCUT2D eigenvalue weighted by Gasteiger charge is 1.99. The van der Waals surface area contributed by atoms with Crippen LogP contribution >= 0.6 is 0 Å². The summed E-state index contributed by atoms with van der Waals surface area (Å²) in [5.74, 6) is 0. The lowest BCUT2D eigenvalue weighted by molar-refractivity contribution is 0.575. The minimum absolute atomic E-state index is 0.621. The zero-order valence-corrected chi connectivity index (χ0v) is 14.1. The smallest absolute Gasteiger partial charge is 0.0178 e. The monoisotopic (exact) mass is 297 g/mol. The van der Waals surface area contributed by atoms with Gasteiger partial charge in [-0.1, -0.05) is 82.2 Å². The van der Waals surface area contributed by atoms with Gasteiger partial charge in [0, 0.05) is 6.54 Å². The topological polar surface area (TPSA) is 26.0 Å². The number of hydrogen-bond donors (Lipinski definition) is 1. The molecule has 0 bridgehead atoms. The number of rotatable bonds is 10. The molecule has 0 radical (unpaired) electrons. The Bertz CT molecular complexity index is 559. The first-order chi connectivity index (χ1) is 10.8. The second-order valence-corrected chi connectivity index (χ2v) is 6.44. The van der Waals surface area contributed by atoms with Crippen molar-refractivity contribution in [2.24, 2.45) is 5.73 Å². The van der Waals surface area contributed by atoms with Crippen LogP contribution in [0.25, 0.3) is 10.8 Å². The number of fused-ring (bicyclic) bond motifs is 1. The second kappa shape index (κ2) is 9.63. The maximum absolute atomic E-state index is 5.70. The van der Waals surface area contributed by atoms with Crippen molar-refractivity contribution in [3.05, 3.63) is 47.5 Å². The van der Waals surface area contributed by atoms with Crippen LogP contribution in [0.5, 0.6) is 0 Å². The molecule has 0 spiro atoms. The first-order valence-electron chi connectivity index (χ1n) is 9.05. The van der Waals surface area contributed by atoms with Crippen LogP contribution in [0.1, 0.15) is 69.4 Å². The lowest BCUT2D eigenvalue weighted by Crippen LogP contribution is -1.95. The predicted octanol–water partition coefficient (Wildman–Crippen LogP) is 5.98. The fourth-order valence-electron chi connectivity index (χ4n) is 3.09. The normalized spacial score (nSPS) is 11.2. The number of aryl methyl sites for hydroxylation is 1. The minimum Gasteiger partial charge on any atom is -0.326 e. The van der Waals surface area contributed by atoms with Crippen molar-refractivity contribution >= 4 is 10.8 Å². The summed E-state index contributed by atoms with van der Waals surface area (Å²) in [7, 11) is 0. The average molecular weight is 297 g/mol. The first-order valence-corrected chi connectivity index (χ1v) is 9.05. The third kappa shape index (κ3) is 5.46. The van der Waals surface area contributed by atoms with Crippen molar-refractivity contribution in [2.75, 3.05) is 0 Å². The number of benzene rings is 2. The minimum atomic E-state index is 0.621. The van der Waals surface area contributed by atoms with E-state index in [-0.39, 0.29) is 0 Å². The summed E-state index contributed by atoms with van der Waals surface area (Å²) >= 11 is 0. The van der Waals surface area contributed by atoms with Crippen molar-refractivity contribution < 1.29 is 0 Å². The molecule has 0 unspecified atom stereocenters. The summed E-state index contributed by atoms with van der Waals surface area (Å²) < 4.78 is 0. The Labute approximate surface area is 135 Å². The van der Waals surface area contributed by atoms with E-state index in [2.05, 4.69) is 43.3 Å². The van der Waals surface area contributed by atoms with Gasteiger partial charge in [-0.2, -0.15) is 0 Å². The fourth-order valence-corrected chi connectivity index (χ4v) is 3.09. The SMILES string of the molecule is CCCCCCCCCCc1ccc2cc(CN)ccc2c1. The maximum Gasteiger partial charge on any atom is 0.0178 e. The van der Waals surface area contributed by atoms with Crippen LogP contribution in [-0.4, -0.2) is 0 Å². The van der Waals surface area contributed by atoms with E-state index in [1.807, 2.05) is 0 Å². The summed E-state index contributed by atoms with van der Waals surface area (Å²) in [6.45, 7) is 2.90. The largest absolute Gasteiger partial charge is 0.326 e. The van der Waals surface area contributed by atoms with E-state index in [1.165, 1.54) is 79.7 Å². The molecule has 1 nitrogen and oxygen atoms in total. The molecular formula is C21H31N. The molecule has 0 aromatic heterocycles. The average Bonchev–Trinajstić information content (AvgIpc) is 2.56. The van der Waals surface area contributed by atoms with Crippen LogP contribution in [-0.2, 0) is 13.0 Å². The third-order valence-electron chi connectivity index (χ3n) is 4.52. The van der Waals surface area contributed by atoms with Gasteiger partial charge >= 0.3 is 0 Å². The van der Waals surface area contributed by atoms with Crippen molar-refractivity contribution in [3.63, 3.8) is 0 Å². The van der Waals surface area contributed by atoms with E-state index in [0.717, 1.165) is 0 Å². The molecule has 0 aliphatic rings. The Kier molecular flexibility index (Phi) is 7.45. The number of unbranched alkanes of at least 4 members (excludes halogenated alkanes) is 7. The Hall–Kier alpha value is -1.34. The van der Waals surface area contributed by atoms with Crippen LogP contribution in [0, 0.1) is 0 Å². The molecular weight excluding hydrogens is 266 g/mol. The standard InChI is InChI=1S/C21H31N/c1-2-3-4-5-6-7-8-9-10-18-11-13-21-16-19(17-22)12-14-20(21)15-18/h11-16H,2-10,17,22H2,1H3. The maximum atomic E-state index is 5.70.